The summed E-state index contributed by atoms with van der Waals surface area (Å²) < 4.78 is 7.75. The first kappa shape index (κ1) is 24.0. The van der Waals surface area contributed by atoms with Crippen molar-refractivity contribution in [1.82, 2.24) is 14.4 Å². The number of pyridine rings is 1. The lowest BCUT2D eigenvalue weighted by Gasteiger charge is -2.40. The molecule has 0 spiro atoms. The van der Waals surface area contributed by atoms with Gasteiger partial charge in [-0.2, -0.15) is 0 Å². The van der Waals surface area contributed by atoms with Crippen LogP contribution in [0.3, 0.4) is 0 Å². The second-order valence-corrected chi connectivity index (χ2v) is 10.6. The van der Waals surface area contributed by atoms with Crippen molar-refractivity contribution in [3.63, 3.8) is 0 Å². The molecule has 2 amide bonds. The smallest absolute Gasteiger partial charge is 0.276 e. The molecular formula is C26H32N3O5P. The SMILES string of the molecule is CC(C)c1cccc(CN(C)C(=O)c2c3n4c(c(O)c2=O)C(=O)N2CCCCOC2C4CC3)c1P. The summed E-state index contributed by atoms with van der Waals surface area (Å²) in [5.74, 6) is -1.16. The summed E-state index contributed by atoms with van der Waals surface area (Å²) in [6, 6.07) is 5.80. The van der Waals surface area contributed by atoms with Crippen LogP contribution >= 0.6 is 9.24 Å². The number of aromatic hydroxyl groups is 1. The molecule has 0 bridgehead atoms. The Labute approximate surface area is 207 Å². The molecule has 0 aliphatic carbocycles. The molecule has 1 aromatic heterocycles. The van der Waals surface area contributed by atoms with Gasteiger partial charge in [0.15, 0.2) is 17.7 Å². The molecule has 1 N–H and O–H groups in total. The lowest BCUT2D eigenvalue weighted by molar-refractivity contribution is -0.0685. The van der Waals surface area contributed by atoms with Gasteiger partial charge in [-0.05, 0) is 48.0 Å². The van der Waals surface area contributed by atoms with Crippen molar-refractivity contribution in [2.24, 2.45) is 0 Å². The fourth-order valence-electron chi connectivity index (χ4n) is 5.72. The highest BCUT2D eigenvalue weighted by Gasteiger charge is 2.47. The number of rotatable bonds is 4. The maximum Gasteiger partial charge on any atom is 0.276 e. The van der Waals surface area contributed by atoms with E-state index in [0.29, 0.717) is 44.1 Å². The van der Waals surface area contributed by atoms with Crippen molar-refractivity contribution in [3.8, 4) is 5.75 Å². The van der Waals surface area contributed by atoms with Gasteiger partial charge >= 0.3 is 0 Å². The summed E-state index contributed by atoms with van der Waals surface area (Å²) in [6.07, 6.45) is 2.33. The number of amides is 2. The molecule has 4 heterocycles. The number of benzene rings is 1. The third kappa shape index (κ3) is 3.78. The summed E-state index contributed by atoms with van der Waals surface area (Å²) >= 11 is 0. The zero-order chi connectivity index (χ0) is 25.0. The molecule has 9 heteroatoms. The first-order valence-electron chi connectivity index (χ1n) is 12.3. The van der Waals surface area contributed by atoms with Crippen molar-refractivity contribution in [3.05, 3.63) is 56.5 Å². The van der Waals surface area contributed by atoms with Crippen molar-refractivity contribution in [2.75, 3.05) is 20.2 Å². The monoisotopic (exact) mass is 497 g/mol. The maximum atomic E-state index is 13.6. The molecule has 1 fully saturated rings. The Kier molecular flexibility index (Phi) is 6.22. The number of hydrogen-bond acceptors (Lipinski definition) is 5. The van der Waals surface area contributed by atoms with Gasteiger partial charge in [0.1, 0.15) is 5.56 Å². The Morgan fingerprint density at radius 1 is 1.29 bits per heavy atom. The van der Waals surface area contributed by atoms with Gasteiger partial charge in [0.05, 0.1) is 6.04 Å². The number of nitrogens with zero attached hydrogens (tertiary/aromatic N) is 3. The third-order valence-corrected chi connectivity index (χ3v) is 8.20. The van der Waals surface area contributed by atoms with Gasteiger partial charge < -0.3 is 24.2 Å². The lowest BCUT2D eigenvalue weighted by atomic mass is 10.00. The van der Waals surface area contributed by atoms with Crippen LogP contribution in [0, 0.1) is 0 Å². The molecule has 3 aliphatic rings. The standard InChI is InChI=1S/C26H32N3O5P/c1-14(2)16-8-6-7-15(23(16)35)13-27(3)24(32)19-17-9-10-18-26-28(11-4-5-12-34-26)25(33)20(29(17)18)22(31)21(19)30/h6-8,14,18,26,31H,4-5,9-13,35H2,1-3H3. The number of carbonyl (C=O) groups excluding carboxylic acids is 2. The van der Waals surface area contributed by atoms with E-state index in [2.05, 4.69) is 29.2 Å². The van der Waals surface area contributed by atoms with E-state index in [9.17, 15) is 19.5 Å². The molecule has 1 aromatic carbocycles. The van der Waals surface area contributed by atoms with Crippen LogP contribution in [0.4, 0.5) is 0 Å². The topological polar surface area (TPSA) is 92.1 Å². The van der Waals surface area contributed by atoms with Crippen molar-refractivity contribution in [2.45, 2.75) is 64.3 Å². The van der Waals surface area contributed by atoms with E-state index in [1.165, 1.54) is 10.5 Å². The molecule has 3 aliphatic heterocycles. The number of fused-ring (bicyclic) bond motifs is 2. The minimum Gasteiger partial charge on any atom is -0.503 e. The van der Waals surface area contributed by atoms with E-state index in [-0.39, 0.29) is 17.3 Å². The van der Waals surface area contributed by atoms with Gasteiger partial charge in [-0.3, -0.25) is 14.4 Å². The Morgan fingerprint density at radius 2 is 2.06 bits per heavy atom. The van der Waals surface area contributed by atoms with E-state index >= 15 is 0 Å². The Balaban J connectivity index is 1.54. The largest absolute Gasteiger partial charge is 0.503 e. The number of ether oxygens (including phenoxy) is 1. The molecule has 35 heavy (non-hydrogen) atoms. The van der Waals surface area contributed by atoms with E-state index in [4.69, 9.17) is 4.74 Å². The van der Waals surface area contributed by atoms with Gasteiger partial charge in [-0.15, -0.1) is 9.24 Å². The van der Waals surface area contributed by atoms with E-state index in [1.54, 1.807) is 16.5 Å². The highest BCUT2D eigenvalue weighted by molar-refractivity contribution is 7.27. The number of hydrogen-bond donors (Lipinski definition) is 1. The lowest BCUT2D eigenvalue weighted by Crippen LogP contribution is -2.52. The molecule has 3 atom stereocenters. The van der Waals surface area contributed by atoms with E-state index in [1.807, 2.05) is 12.1 Å². The summed E-state index contributed by atoms with van der Waals surface area (Å²) in [6.45, 7) is 5.65. The summed E-state index contributed by atoms with van der Waals surface area (Å²) in [7, 11) is 4.43. The van der Waals surface area contributed by atoms with Crippen LogP contribution in [-0.2, 0) is 17.7 Å². The Hall–Kier alpha value is -2.70. The van der Waals surface area contributed by atoms with Crippen LogP contribution in [0.15, 0.2) is 23.0 Å². The molecule has 0 saturated carbocycles. The minimum absolute atomic E-state index is 0.00895. The van der Waals surface area contributed by atoms with Crippen LogP contribution in [-0.4, -0.2) is 57.7 Å². The molecule has 8 nitrogen and oxygen atoms in total. The predicted octanol–water partition coefficient (Wildman–Crippen LogP) is 2.53. The highest BCUT2D eigenvalue weighted by Crippen LogP contribution is 2.41. The van der Waals surface area contributed by atoms with Crippen LogP contribution in [0.5, 0.6) is 5.75 Å². The zero-order valence-corrected chi connectivity index (χ0v) is 21.6. The quantitative estimate of drug-likeness (QED) is 0.656. The fourth-order valence-corrected chi connectivity index (χ4v) is 6.33. The molecule has 1 saturated heterocycles. The molecule has 186 valence electrons. The van der Waals surface area contributed by atoms with E-state index < -0.39 is 29.2 Å². The zero-order valence-electron chi connectivity index (χ0n) is 20.4. The maximum absolute atomic E-state index is 13.6. The number of aromatic nitrogens is 1. The summed E-state index contributed by atoms with van der Waals surface area (Å²) in [5, 5.41) is 11.9. The fraction of sp³-hybridized carbons (Fsp3) is 0.500. The number of carbonyl (C=O) groups is 2. The van der Waals surface area contributed by atoms with Crippen molar-refractivity contribution >= 4 is 26.4 Å². The average Bonchev–Trinajstić information content (AvgIpc) is 3.09. The van der Waals surface area contributed by atoms with Crippen LogP contribution in [0.1, 0.15) is 82.7 Å². The van der Waals surface area contributed by atoms with Crippen LogP contribution < -0.4 is 10.7 Å². The highest BCUT2D eigenvalue weighted by atomic mass is 31.0. The molecule has 5 rings (SSSR count). The third-order valence-electron chi connectivity index (χ3n) is 7.50. The van der Waals surface area contributed by atoms with Gasteiger partial charge in [0.2, 0.25) is 5.43 Å². The van der Waals surface area contributed by atoms with Crippen LogP contribution in [0.2, 0.25) is 0 Å². The minimum atomic E-state index is -0.770. The van der Waals surface area contributed by atoms with Gasteiger partial charge in [0, 0.05) is 32.4 Å². The van der Waals surface area contributed by atoms with Gasteiger partial charge in [-0.25, -0.2) is 0 Å². The van der Waals surface area contributed by atoms with Crippen molar-refractivity contribution < 1.29 is 19.4 Å². The predicted molar refractivity (Wildman–Crippen MR) is 135 cm³/mol. The van der Waals surface area contributed by atoms with Gasteiger partial charge in [-0.1, -0.05) is 32.0 Å². The second kappa shape index (κ2) is 9.07. The van der Waals surface area contributed by atoms with Crippen LogP contribution in [0.25, 0.3) is 0 Å². The summed E-state index contributed by atoms with van der Waals surface area (Å²) in [4.78, 5) is 43.4. The molecule has 2 aromatic rings. The normalized spacial score (nSPS) is 21.1. The second-order valence-electron chi connectivity index (χ2n) is 10.0. The Morgan fingerprint density at radius 3 is 2.80 bits per heavy atom. The molecular weight excluding hydrogens is 465 g/mol. The molecule has 0 radical (unpaired) electrons. The van der Waals surface area contributed by atoms with Crippen molar-refractivity contribution in [1.29, 1.82) is 0 Å². The van der Waals surface area contributed by atoms with Gasteiger partial charge in [0.25, 0.3) is 11.8 Å². The van der Waals surface area contributed by atoms with E-state index in [0.717, 1.165) is 23.7 Å². The first-order valence-corrected chi connectivity index (χ1v) is 12.9. The average molecular weight is 498 g/mol. The summed E-state index contributed by atoms with van der Waals surface area (Å²) in [5.41, 5.74) is 1.86. The first-order chi connectivity index (χ1) is 16.7. The molecule has 3 unspecified atom stereocenters. The Bertz CT molecular complexity index is 1270.